The third-order valence-electron chi connectivity index (χ3n) is 3.65. The number of alkyl halides is 3. The molecule has 14 heavy (non-hydrogen) atoms. The van der Waals surface area contributed by atoms with E-state index in [9.17, 15) is 13.2 Å². The lowest BCUT2D eigenvalue weighted by Crippen LogP contribution is -2.34. The van der Waals surface area contributed by atoms with Crippen LogP contribution in [0.25, 0.3) is 0 Å². The van der Waals surface area contributed by atoms with Gasteiger partial charge in [0.2, 0.25) is 0 Å². The van der Waals surface area contributed by atoms with Crippen LogP contribution >= 0.6 is 0 Å². The lowest BCUT2D eigenvalue weighted by Gasteiger charge is -2.18. The summed E-state index contributed by atoms with van der Waals surface area (Å²) in [4.78, 5) is 0. The molecule has 0 aliphatic heterocycles. The lowest BCUT2D eigenvalue weighted by molar-refractivity contribution is -0.0960. The zero-order chi connectivity index (χ0) is 10.5. The Hall–Kier alpha value is -0.510. The van der Waals surface area contributed by atoms with Gasteiger partial charge in [0.1, 0.15) is 0 Å². The Morgan fingerprint density at radius 1 is 1.29 bits per heavy atom. The molecule has 0 saturated heterocycles. The molecule has 0 bridgehead atoms. The predicted molar refractivity (Wildman–Crippen MR) is 47.5 cm³/mol. The summed E-state index contributed by atoms with van der Waals surface area (Å²) in [6.07, 6.45) is -1.07. The van der Waals surface area contributed by atoms with Crippen LogP contribution in [0.15, 0.2) is 12.2 Å². The average molecular weight is 205 g/mol. The van der Waals surface area contributed by atoms with Crippen LogP contribution in [0.2, 0.25) is 0 Å². The molecule has 0 heterocycles. The van der Waals surface area contributed by atoms with Crippen LogP contribution in [0.4, 0.5) is 13.2 Å². The number of rotatable bonds is 2. The molecule has 80 valence electrons. The Labute approximate surface area is 81.2 Å². The predicted octanol–water partition coefficient (Wildman–Crippen LogP) is 2.48. The molecule has 0 aromatic rings. The van der Waals surface area contributed by atoms with E-state index >= 15 is 0 Å². The fourth-order valence-electron chi connectivity index (χ4n) is 2.83. The van der Waals surface area contributed by atoms with Crippen LogP contribution < -0.4 is 5.73 Å². The molecule has 0 amide bonds. The van der Waals surface area contributed by atoms with Gasteiger partial charge in [0.15, 0.2) is 0 Å². The first kappa shape index (κ1) is 10.0. The van der Waals surface area contributed by atoms with E-state index < -0.39 is 17.8 Å². The second kappa shape index (κ2) is 2.99. The minimum absolute atomic E-state index is 0.0536. The molecule has 2 aliphatic carbocycles. The SMILES string of the molecule is C=C(C(N)C1C2CCCC21)C(F)(F)F. The molecule has 0 radical (unpaired) electrons. The molecule has 3 unspecified atom stereocenters. The van der Waals surface area contributed by atoms with E-state index in [1.165, 1.54) is 0 Å². The maximum absolute atomic E-state index is 12.3. The van der Waals surface area contributed by atoms with E-state index in [2.05, 4.69) is 6.58 Å². The van der Waals surface area contributed by atoms with E-state index in [0.29, 0.717) is 11.8 Å². The molecular weight excluding hydrogens is 191 g/mol. The maximum atomic E-state index is 12.3. The molecule has 1 nitrogen and oxygen atoms in total. The maximum Gasteiger partial charge on any atom is 0.413 e. The fourth-order valence-corrected chi connectivity index (χ4v) is 2.83. The molecule has 2 fully saturated rings. The van der Waals surface area contributed by atoms with E-state index in [1.807, 2.05) is 0 Å². The minimum atomic E-state index is -4.32. The van der Waals surface area contributed by atoms with Crippen LogP contribution in [0, 0.1) is 17.8 Å². The van der Waals surface area contributed by atoms with Gasteiger partial charge in [-0.25, -0.2) is 0 Å². The van der Waals surface area contributed by atoms with E-state index in [4.69, 9.17) is 5.73 Å². The Kier molecular flexibility index (Phi) is 2.14. The topological polar surface area (TPSA) is 26.0 Å². The van der Waals surface area contributed by atoms with Crippen molar-refractivity contribution in [1.82, 2.24) is 0 Å². The van der Waals surface area contributed by atoms with Crippen LogP contribution in [0.3, 0.4) is 0 Å². The molecular formula is C10H14F3N. The molecule has 2 saturated carbocycles. The van der Waals surface area contributed by atoms with Gasteiger partial charge >= 0.3 is 6.18 Å². The molecule has 0 spiro atoms. The van der Waals surface area contributed by atoms with Crippen molar-refractivity contribution in [3.05, 3.63) is 12.2 Å². The van der Waals surface area contributed by atoms with Crippen LogP contribution in [0.1, 0.15) is 19.3 Å². The van der Waals surface area contributed by atoms with E-state index in [0.717, 1.165) is 19.3 Å². The van der Waals surface area contributed by atoms with Crippen molar-refractivity contribution in [2.24, 2.45) is 23.5 Å². The fraction of sp³-hybridized carbons (Fsp3) is 0.800. The highest BCUT2D eigenvalue weighted by Gasteiger charge is 2.57. The third kappa shape index (κ3) is 1.45. The van der Waals surface area contributed by atoms with Gasteiger partial charge in [-0.1, -0.05) is 13.0 Å². The van der Waals surface area contributed by atoms with Gasteiger partial charge in [0.05, 0.1) is 0 Å². The summed E-state index contributed by atoms with van der Waals surface area (Å²) in [6.45, 7) is 3.06. The number of hydrogen-bond acceptors (Lipinski definition) is 1. The molecule has 4 heteroatoms. The van der Waals surface area contributed by atoms with Gasteiger partial charge in [-0.3, -0.25) is 0 Å². The van der Waals surface area contributed by atoms with Crippen LogP contribution in [-0.4, -0.2) is 12.2 Å². The number of halogens is 3. The van der Waals surface area contributed by atoms with Crippen molar-refractivity contribution in [1.29, 1.82) is 0 Å². The highest BCUT2D eigenvalue weighted by atomic mass is 19.4. The first-order valence-corrected chi connectivity index (χ1v) is 4.94. The van der Waals surface area contributed by atoms with Gasteiger partial charge in [-0.2, -0.15) is 13.2 Å². The van der Waals surface area contributed by atoms with Crippen molar-refractivity contribution < 1.29 is 13.2 Å². The van der Waals surface area contributed by atoms with Gasteiger partial charge < -0.3 is 5.73 Å². The Morgan fingerprint density at radius 3 is 2.21 bits per heavy atom. The third-order valence-corrected chi connectivity index (χ3v) is 3.65. The molecule has 2 aliphatic rings. The molecule has 0 aromatic heterocycles. The van der Waals surface area contributed by atoms with Crippen molar-refractivity contribution in [2.75, 3.05) is 0 Å². The largest absolute Gasteiger partial charge is 0.413 e. The monoisotopic (exact) mass is 205 g/mol. The highest BCUT2D eigenvalue weighted by Crippen LogP contribution is 2.60. The molecule has 2 N–H and O–H groups in total. The van der Waals surface area contributed by atoms with Crippen molar-refractivity contribution in [3.8, 4) is 0 Å². The van der Waals surface area contributed by atoms with Crippen molar-refractivity contribution in [2.45, 2.75) is 31.5 Å². The summed E-state index contributed by atoms with van der Waals surface area (Å²) in [6, 6.07) is -0.870. The summed E-state index contributed by atoms with van der Waals surface area (Å²) in [5.41, 5.74) is 4.83. The number of hydrogen-bond donors (Lipinski definition) is 1. The Morgan fingerprint density at radius 2 is 1.79 bits per heavy atom. The number of fused-ring (bicyclic) bond motifs is 1. The summed E-state index contributed by atoms with van der Waals surface area (Å²) < 4.78 is 36.9. The second-order valence-corrected chi connectivity index (χ2v) is 4.38. The quantitative estimate of drug-likeness (QED) is 0.688. The van der Waals surface area contributed by atoms with Gasteiger partial charge in [-0.15, -0.1) is 0 Å². The van der Waals surface area contributed by atoms with Crippen LogP contribution in [0.5, 0.6) is 0 Å². The molecule has 3 atom stereocenters. The smallest absolute Gasteiger partial charge is 0.324 e. The van der Waals surface area contributed by atoms with E-state index in [-0.39, 0.29) is 5.92 Å². The molecule has 0 aromatic carbocycles. The summed E-state index contributed by atoms with van der Waals surface area (Å²) >= 11 is 0. The number of nitrogens with two attached hydrogens (primary N) is 1. The lowest BCUT2D eigenvalue weighted by atomic mass is 9.98. The van der Waals surface area contributed by atoms with Crippen LogP contribution in [-0.2, 0) is 0 Å². The Balaban J connectivity index is 1.97. The highest BCUT2D eigenvalue weighted by molar-refractivity contribution is 5.20. The minimum Gasteiger partial charge on any atom is -0.324 e. The standard InChI is InChI=1S/C10H14F3N/c1-5(10(11,12)13)9(14)8-6-3-2-4-7(6)8/h6-9H,1-4,14H2. The Bertz CT molecular complexity index is 249. The van der Waals surface area contributed by atoms with Gasteiger partial charge in [-0.05, 0) is 30.6 Å². The molecule has 2 rings (SSSR count). The van der Waals surface area contributed by atoms with Crippen molar-refractivity contribution in [3.63, 3.8) is 0 Å². The van der Waals surface area contributed by atoms with Crippen molar-refractivity contribution >= 4 is 0 Å². The first-order valence-electron chi connectivity index (χ1n) is 4.94. The zero-order valence-corrected chi connectivity index (χ0v) is 7.85. The summed E-state index contributed by atoms with van der Waals surface area (Å²) in [7, 11) is 0. The van der Waals surface area contributed by atoms with Gasteiger partial charge in [0, 0.05) is 11.6 Å². The normalized spacial score (nSPS) is 37.9. The summed E-state index contributed by atoms with van der Waals surface area (Å²) in [5.74, 6) is 0.950. The summed E-state index contributed by atoms with van der Waals surface area (Å²) in [5, 5.41) is 0. The average Bonchev–Trinajstić information content (AvgIpc) is 2.55. The van der Waals surface area contributed by atoms with E-state index in [1.54, 1.807) is 0 Å². The first-order chi connectivity index (χ1) is 6.43. The second-order valence-electron chi connectivity index (χ2n) is 4.38. The zero-order valence-electron chi connectivity index (χ0n) is 7.85. The van der Waals surface area contributed by atoms with Gasteiger partial charge in [0.25, 0.3) is 0 Å².